The number of aromatic nitrogens is 5. The van der Waals surface area contributed by atoms with Gasteiger partial charge >= 0.3 is 0 Å². The van der Waals surface area contributed by atoms with Crippen LogP contribution in [0.5, 0.6) is 0 Å². The van der Waals surface area contributed by atoms with Crippen molar-refractivity contribution in [2.75, 3.05) is 5.32 Å². The summed E-state index contributed by atoms with van der Waals surface area (Å²) in [4.78, 5) is 18.2. The van der Waals surface area contributed by atoms with Gasteiger partial charge in [0.15, 0.2) is 5.82 Å². The number of rotatable bonds is 3. The number of aryl methyl sites for hydroxylation is 1. The lowest BCUT2D eigenvalue weighted by molar-refractivity contribution is 0.673. The first-order valence-electron chi connectivity index (χ1n) is 8.43. The van der Waals surface area contributed by atoms with Crippen LogP contribution < -0.4 is 5.32 Å². The molecule has 3 aromatic rings. The van der Waals surface area contributed by atoms with Crippen molar-refractivity contribution in [1.29, 1.82) is 0 Å². The summed E-state index contributed by atoms with van der Waals surface area (Å²) in [5.41, 5.74) is 3.43. The van der Waals surface area contributed by atoms with Gasteiger partial charge in [-0.25, -0.2) is 15.0 Å². The molecule has 24 heavy (non-hydrogen) atoms. The van der Waals surface area contributed by atoms with Gasteiger partial charge in [-0.05, 0) is 31.4 Å². The fraction of sp³-hybridized carbons (Fsp3) is 0.333. The quantitative estimate of drug-likeness (QED) is 0.802. The fourth-order valence-electron chi connectivity index (χ4n) is 3.68. The van der Waals surface area contributed by atoms with Crippen molar-refractivity contribution >= 4 is 5.82 Å². The zero-order valence-electron chi connectivity index (χ0n) is 13.3. The lowest BCUT2D eigenvalue weighted by atomic mass is 10.2. The van der Waals surface area contributed by atoms with Crippen LogP contribution in [-0.2, 0) is 25.8 Å². The predicted molar refractivity (Wildman–Crippen MR) is 90.6 cm³/mol. The van der Waals surface area contributed by atoms with Crippen LogP contribution in [0.4, 0.5) is 5.82 Å². The third-order valence-corrected chi connectivity index (χ3v) is 4.84. The highest BCUT2D eigenvalue weighted by atomic mass is 15.2. The second kappa shape index (κ2) is 5.40. The van der Waals surface area contributed by atoms with Crippen molar-refractivity contribution in [3.05, 3.63) is 54.0 Å². The Morgan fingerprint density at radius 1 is 1.17 bits per heavy atom. The number of nitrogens with one attached hydrogen (secondary N) is 1. The molecule has 0 saturated heterocycles. The standard InChI is InChI=1S/C18H18N6/c1-4-14-15(5-1)22-17(12-3-2-6-19-10-12)23-18(14)21-13-9-16-20-7-8-24(16)11-13/h2-3,6-8,10,13H,1,4-5,9,11H2,(H,21,22,23). The molecule has 6 heteroatoms. The Labute approximate surface area is 140 Å². The summed E-state index contributed by atoms with van der Waals surface area (Å²) in [5.74, 6) is 2.90. The Kier molecular flexibility index (Phi) is 3.07. The maximum absolute atomic E-state index is 4.83. The van der Waals surface area contributed by atoms with Crippen LogP contribution in [0, 0.1) is 0 Å². The molecule has 4 heterocycles. The van der Waals surface area contributed by atoms with Gasteiger partial charge in [0.05, 0.1) is 6.04 Å². The van der Waals surface area contributed by atoms with Gasteiger partial charge < -0.3 is 9.88 Å². The smallest absolute Gasteiger partial charge is 0.163 e. The molecule has 5 rings (SSSR count). The molecule has 2 aliphatic rings. The number of anilines is 1. The molecule has 0 bridgehead atoms. The molecule has 0 fully saturated rings. The Hall–Kier alpha value is -2.76. The fourth-order valence-corrected chi connectivity index (χ4v) is 3.68. The van der Waals surface area contributed by atoms with Crippen LogP contribution in [0.2, 0.25) is 0 Å². The summed E-state index contributed by atoms with van der Waals surface area (Å²) in [5, 5.41) is 3.65. The van der Waals surface area contributed by atoms with Gasteiger partial charge in [-0.1, -0.05) is 0 Å². The topological polar surface area (TPSA) is 68.5 Å². The Bertz CT molecular complexity index is 865. The monoisotopic (exact) mass is 318 g/mol. The van der Waals surface area contributed by atoms with E-state index < -0.39 is 0 Å². The second-order valence-corrected chi connectivity index (χ2v) is 6.46. The molecule has 6 nitrogen and oxygen atoms in total. The molecule has 120 valence electrons. The zero-order chi connectivity index (χ0) is 15.9. The van der Waals surface area contributed by atoms with Crippen LogP contribution in [-0.4, -0.2) is 30.5 Å². The van der Waals surface area contributed by atoms with E-state index in [1.807, 2.05) is 30.7 Å². The predicted octanol–water partition coefficient (Wildman–Crippen LogP) is 2.26. The first-order chi connectivity index (χ1) is 11.9. The van der Waals surface area contributed by atoms with Gasteiger partial charge in [0.1, 0.15) is 11.6 Å². The summed E-state index contributed by atoms with van der Waals surface area (Å²) in [7, 11) is 0. The highest BCUT2D eigenvalue weighted by Crippen LogP contribution is 2.30. The van der Waals surface area contributed by atoms with Crippen molar-refractivity contribution in [1.82, 2.24) is 24.5 Å². The maximum Gasteiger partial charge on any atom is 0.163 e. The van der Waals surface area contributed by atoms with Crippen LogP contribution >= 0.6 is 0 Å². The summed E-state index contributed by atoms with van der Waals surface area (Å²) >= 11 is 0. The van der Waals surface area contributed by atoms with Gasteiger partial charge in [0.2, 0.25) is 0 Å². The molecule has 1 aliphatic heterocycles. The second-order valence-electron chi connectivity index (χ2n) is 6.46. The largest absolute Gasteiger partial charge is 0.365 e. The highest BCUT2D eigenvalue weighted by Gasteiger charge is 2.25. The normalized spacial score (nSPS) is 18.4. The molecule has 0 amide bonds. The van der Waals surface area contributed by atoms with Crippen molar-refractivity contribution in [2.45, 2.75) is 38.3 Å². The summed E-state index contributed by atoms with van der Waals surface area (Å²) in [6.45, 7) is 0.941. The van der Waals surface area contributed by atoms with Crippen molar-refractivity contribution < 1.29 is 0 Å². The van der Waals surface area contributed by atoms with E-state index in [9.17, 15) is 0 Å². The molecule has 0 saturated carbocycles. The third kappa shape index (κ3) is 2.26. The van der Waals surface area contributed by atoms with E-state index in [4.69, 9.17) is 9.97 Å². The van der Waals surface area contributed by atoms with Gasteiger partial charge in [-0.2, -0.15) is 0 Å². The minimum Gasteiger partial charge on any atom is -0.365 e. The lowest BCUT2D eigenvalue weighted by Crippen LogP contribution is -2.23. The average Bonchev–Trinajstić information content (AvgIpc) is 3.31. The molecule has 1 atom stereocenters. The number of nitrogens with zero attached hydrogens (tertiary/aromatic N) is 5. The van der Waals surface area contributed by atoms with E-state index in [2.05, 4.69) is 19.9 Å². The van der Waals surface area contributed by atoms with Crippen molar-refractivity contribution in [3.8, 4) is 11.4 Å². The lowest BCUT2D eigenvalue weighted by Gasteiger charge is -2.16. The van der Waals surface area contributed by atoms with Gasteiger partial charge in [-0.3, -0.25) is 4.98 Å². The molecule has 0 aromatic carbocycles. The molecular formula is C18H18N6. The number of imidazole rings is 1. The SMILES string of the molecule is c1cncc(-c2nc3c(c(NC4Cc5nccn5C4)n2)CCC3)c1. The minimum absolute atomic E-state index is 0.343. The van der Waals surface area contributed by atoms with E-state index in [-0.39, 0.29) is 0 Å². The van der Waals surface area contributed by atoms with Gasteiger partial charge in [-0.15, -0.1) is 0 Å². The Balaban J connectivity index is 1.49. The van der Waals surface area contributed by atoms with Crippen molar-refractivity contribution in [2.24, 2.45) is 0 Å². The molecule has 0 spiro atoms. The number of fused-ring (bicyclic) bond motifs is 2. The first-order valence-corrected chi connectivity index (χ1v) is 8.43. The van der Waals surface area contributed by atoms with Crippen LogP contribution in [0.25, 0.3) is 11.4 Å². The van der Waals surface area contributed by atoms with E-state index in [0.29, 0.717) is 6.04 Å². The molecule has 3 aromatic heterocycles. The van der Waals surface area contributed by atoms with E-state index in [0.717, 1.165) is 55.3 Å². The molecule has 1 unspecified atom stereocenters. The number of hydrogen-bond acceptors (Lipinski definition) is 5. The van der Waals surface area contributed by atoms with E-state index in [1.165, 1.54) is 11.3 Å². The maximum atomic E-state index is 4.83. The van der Waals surface area contributed by atoms with Gasteiger partial charge in [0.25, 0.3) is 0 Å². The number of pyridine rings is 1. The molecular weight excluding hydrogens is 300 g/mol. The van der Waals surface area contributed by atoms with E-state index in [1.54, 1.807) is 6.20 Å². The zero-order valence-corrected chi connectivity index (χ0v) is 13.3. The van der Waals surface area contributed by atoms with Crippen molar-refractivity contribution in [3.63, 3.8) is 0 Å². The number of hydrogen-bond donors (Lipinski definition) is 1. The van der Waals surface area contributed by atoms with Crippen LogP contribution in [0.15, 0.2) is 36.9 Å². The van der Waals surface area contributed by atoms with E-state index >= 15 is 0 Å². The first kappa shape index (κ1) is 13.7. The van der Waals surface area contributed by atoms with Crippen LogP contribution in [0.1, 0.15) is 23.5 Å². The summed E-state index contributed by atoms with van der Waals surface area (Å²) in [6, 6.07) is 4.28. The highest BCUT2D eigenvalue weighted by molar-refractivity contribution is 5.60. The summed E-state index contributed by atoms with van der Waals surface area (Å²) in [6.07, 6.45) is 11.7. The molecule has 0 radical (unpaired) electrons. The molecule has 1 N–H and O–H groups in total. The minimum atomic E-state index is 0.343. The third-order valence-electron chi connectivity index (χ3n) is 4.84. The average molecular weight is 318 g/mol. The summed E-state index contributed by atoms with van der Waals surface area (Å²) < 4.78 is 2.21. The van der Waals surface area contributed by atoms with Crippen LogP contribution in [0.3, 0.4) is 0 Å². The Morgan fingerprint density at radius 3 is 3.04 bits per heavy atom. The van der Waals surface area contributed by atoms with Gasteiger partial charge in [0, 0.05) is 54.6 Å². The Morgan fingerprint density at radius 2 is 2.17 bits per heavy atom. The molecule has 1 aliphatic carbocycles.